The Morgan fingerprint density at radius 3 is 1.44 bits per heavy atom. The molecule has 0 aromatic rings. The van der Waals surface area contributed by atoms with E-state index in [0.29, 0.717) is 0 Å². The summed E-state index contributed by atoms with van der Waals surface area (Å²) in [6.07, 6.45) is 20.5. The lowest BCUT2D eigenvalue weighted by Crippen LogP contribution is -1.82. The third-order valence-electron chi connectivity index (χ3n) is 3.36. The molecule has 0 unspecified atom stereocenters. The predicted octanol–water partition coefficient (Wildman–Crippen LogP) is 7.71. The second-order valence-corrected chi connectivity index (χ2v) is 7.94. The van der Waals surface area contributed by atoms with Gasteiger partial charge in [-0.3, -0.25) is 0 Å². The average molecular weight is 382 g/mol. The van der Waals surface area contributed by atoms with Crippen molar-refractivity contribution >= 4 is 31.9 Å². The van der Waals surface area contributed by atoms with Crippen molar-refractivity contribution in [3.05, 3.63) is 9.47 Å². The molecule has 0 amide bonds. The lowest BCUT2D eigenvalue weighted by molar-refractivity contribution is 0.545. The standard InChI is InChI=1S/C16H30Br2/c1-2-3-4-5-6-7-8-9-10-11-12-13-14-15-16(17)18/h15H,2-14H2,1H3. The molecule has 0 fully saturated rings. The monoisotopic (exact) mass is 380 g/mol. The number of hydrogen-bond acceptors (Lipinski definition) is 0. The molecule has 0 radical (unpaired) electrons. The Morgan fingerprint density at radius 2 is 1.06 bits per heavy atom. The van der Waals surface area contributed by atoms with Gasteiger partial charge in [0.2, 0.25) is 0 Å². The maximum absolute atomic E-state index is 3.39. The molecule has 0 nitrogen and oxygen atoms in total. The summed E-state index contributed by atoms with van der Waals surface area (Å²) in [5, 5.41) is 0. The van der Waals surface area contributed by atoms with Crippen molar-refractivity contribution in [3.8, 4) is 0 Å². The first-order chi connectivity index (χ1) is 8.77. The second kappa shape index (κ2) is 15.8. The summed E-state index contributed by atoms with van der Waals surface area (Å²) in [5.74, 6) is 0. The zero-order chi connectivity index (χ0) is 13.5. The van der Waals surface area contributed by atoms with Crippen LogP contribution in [-0.4, -0.2) is 0 Å². The number of allylic oxidation sites excluding steroid dienone is 1. The van der Waals surface area contributed by atoms with Gasteiger partial charge in [-0.1, -0.05) is 83.6 Å². The van der Waals surface area contributed by atoms with E-state index in [-0.39, 0.29) is 0 Å². The normalized spacial score (nSPS) is 10.6. The van der Waals surface area contributed by atoms with Crippen LogP contribution in [0, 0.1) is 0 Å². The molecule has 0 spiro atoms. The van der Waals surface area contributed by atoms with Crippen molar-refractivity contribution in [2.45, 2.75) is 90.4 Å². The molecule has 2 heteroatoms. The van der Waals surface area contributed by atoms with Crippen molar-refractivity contribution < 1.29 is 0 Å². The summed E-state index contributed by atoms with van der Waals surface area (Å²) in [6, 6.07) is 0. The van der Waals surface area contributed by atoms with Crippen LogP contribution < -0.4 is 0 Å². The summed E-state index contributed by atoms with van der Waals surface area (Å²) in [6.45, 7) is 2.28. The highest BCUT2D eigenvalue weighted by atomic mass is 79.9. The van der Waals surface area contributed by atoms with E-state index in [4.69, 9.17) is 0 Å². The maximum Gasteiger partial charge on any atom is 0.0564 e. The molecule has 18 heavy (non-hydrogen) atoms. The van der Waals surface area contributed by atoms with Crippen LogP contribution in [0.5, 0.6) is 0 Å². The van der Waals surface area contributed by atoms with Crippen LogP contribution in [0.1, 0.15) is 90.4 Å². The van der Waals surface area contributed by atoms with Crippen molar-refractivity contribution in [2.75, 3.05) is 0 Å². The molecule has 0 aliphatic rings. The van der Waals surface area contributed by atoms with E-state index in [0.717, 1.165) is 3.39 Å². The molecule has 0 rings (SSSR count). The number of unbranched alkanes of at least 4 members (excludes halogenated alkanes) is 12. The Morgan fingerprint density at radius 1 is 0.667 bits per heavy atom. The van der Waals surface area contributed by atoms with E-state index in [1.54, 1.807) is 0 Å². The van der Waals surface area contributed by atoms with Crippen molar-refractivity contribution in [2.24, 2.45) is 0 Å². The fourth-order valence-electron chi connectivity index (χ4n) is 2.20. The minimum Gasteiger partial charge on any atom is -0.0654 e. The largest absolute Gasteiger partial charge is 0.0654 e. The number of halogens is 2. The highest BCUT2D eigenvalue weighted by molar-refractivity contribution is 9.28. The topological polar surface area (TPSA) is 0 Å². The average Bonchev–Trinajstić information content (AvgIpc) is 2.34. The highest BCUT2D eigenvalue weighted by Crippen LogP contribution is 2.16. The van der Waals surface area contributed by atoms with E-state index in [2.05, 4.69) is 44.9 Å². The van der Waals surface area contributed by atoms with E-state index < -0.39 is 0 Å². The minimum absolute atomic E-state index is 1.10. The molecule has 0 aromatic carbocycles. The summed E-state index contributed by atoms with van der Waals surface area (Å²) in [5.41, 5.74) is 0. The SMILES string of the molecule is CCCCCCCCCCCCCCC=C(Br)Br. The zero-order valence-electron chi connectivity index (χ0n) is 12.0. The van der Waals surface area contributed by atoms with Gasteiger partial charge in [0.15, 0.2) is 0 Å². The molecule has 0 atom stereocenters. The first-order valence-electron chi connectivity index (χ1n) is 7.78. The van der Waals surface area contributed by atoms with Crippen LogP contribution >= 0.6 is 31.9 Å². The zero-order valence-corrected chi connectivity index (χ0v) is 15.2. The summed E-state index contributed by atoms with van der Waals surface area (Å²) in [7, 11) is 0. The van der Waals surface area contributed by atoms with Crippen LogP contribution in [0.3, 0.4) is 0 Å². The van der Waals surface area contributed by atoms with Gasteiger partial charge in [-0.15, -0.1) is 0 Å². The van der Waals surface area contributed by atoms with Gasteiger partial charge < -0.3 is 0 Å². The van der Waals surface area contributed by atoms with Crippen LogP contribution in [0.25, 0.3) is 0 Å². The maximum atomic E-state index is 3.39. The molecule has 0 aromatic heterocycles. The van der Waals surface area contributed by atoms with Gasteiger partial charge in [0.1, 0.15) is 0 Å². The van der Waals surface area contributed by atoms with Gasteiger partial charge in [0.05, 0.1) is 3.39 Å². The third kappa shape index (κ3) is 16.7. The van der Waals surface area contributed by atoms with Crippen molar-refractivity contribution in [1.29, 1.82) is 0 Å². The van der Waals surface area contributed by atoms with E-state index in [1.807, 2.05) is 0 Å². The highest BCUT2D eigenvalue weighted by Gasteiger charge is 1.93. The van der Waals surface area contributed by atoms with Gasteiger partial charge in [0, 0.05) is 0 Å². The smallest absolute Gasteiger partial charge is 0.0564 e. The molecule has 0 saturated carbocycles. The number of rotatable bonds is 13. The summed E-state index contributed by atoms with van der Waals surface area (Å²) < 4.78 is 1.10. The Bertz CT molecular complexity index is 184. The fraction of sp³-hybridized carbons (Fsp3) is 0.875. The van der Waals surface area contributed by atoms with Gasteiger partial charge in [-0.05, 0) is 44.7 Å². The Kier molecular flexibility index (Phi) is 16.4. The molecule has 0 heterocycles. The Balaban J connectivity index is 2.97. The lowest BCUT2D eigenvalue weighted by Gasteiger charge is -2.02. The summed E-state index contributed by atoms with van der Waals surface area (Å²) in [4.78, 5) is 0. The van der Waals surface area contributed by atoms with Gasteiger partial charge in [0.25, 0.3) is 0 Å². The fourth-order valence-corrected chi connectivity index (χ4v) is 2.65. The van der Waals surface area contributed by atoms with Crippen molar-refractivity contribution in [1.82, 2.24) is 0 Å². The Hall–Kier alpha value is 0.700. The van der Waals surface area contributed by atoms with Crippen LogP contribution in [-0.2, 0) is 0 Å². The molecule has 0 N–H and O–H groups in total. The molecule has 0 bridgehead atoms. The van der Waals surface area contributed by atoms with Crippen LogP contribution in [0.2, 0.25) is 0 Å². The van der Waals surface area contributed by atoms with Crippen LogP contribution in [0.15, 0.2) is 9.47 Å². The minimum atomic E-state index is 1.10. The first-order valence-corrected chi connectivity index (χ1v) is 9.37. The van der Waals surface area contributed by atoms with Crippen molar-refractivity contribution in [3.63, 3.8) is 0 Å². The predicted molar refractivity (Wildman–Crippen MR) is 91.6 cm³/mol. The molecule has 0 aliphatic carbocycles. The molecule has 0 saturated heterocycles. The molecule has 108 valence electrons. The lowest BCUT2D eigenvalue weighted by atomic mass is 10.0. The van der Waals surface area contributed by atoms with E-state index in [9.17, 15) is 0 Å². The van der Waals surface area contributed by atoms with E-state index >= 15 is 0 Å². The quantitative estimate of drug-likeness (QED) is 0.286. The van der Waals surface area contributed by atoms with E-state index in [1.165, 1.54) is 83.5 Å². The first kappa shape index (κ1) is 18.7. The number of hydrogen-bond donors (Lipinski definition) is 0. The second-order valence-electron chi connectivity index (χ2n) is 5.17. The molecular formula is C16H30Br2. The van der Waals surface area contributed by atoms with Gasteiger partial charge in [-0.25, -0.2) is 0 Å². The van der Waals surface area contributed by atoms with Gasteiger partial charge >= 0.3 is 0 Å². The molecule has 0 aliphatic heterocycles. The Labute approximate surface area is 131 Å². The van der Waals surface area contributed by atoms with Gasteiger partial charge in [-0.2, -0.15) is 0 Å². The molecular weight excluding hydrogens is 352 g/mol. The van der Waals surface area contributed by atoms with Crippen LogP contribution in [0.4, 0.5) is 0 Å². The summed E-state index contributed by atoms with van der Waals surface area (Å²) >= 11 is 6.77. The third-order valence-corrected chi connectivity index (χ3v) is 4.00.